The number of aromatic amines is 1. The van der Waals surface area contributed by atoms with Crippen LogP contribution in [0.5, 0.6) is 0 Å². The molecule has 1 saturated heterocycles. The molecule has 9 nitrogen and oxygen atoms in total. The van der Waals surface area contributed by atoms with Gasteiger partial charge in [0.1, 0.15) is 12.2 Å². The minimum atomic E-state index is -0.541. The lowest BCUT2D eigenvalue weighted by atomic mass is 10.1. The monoisotopic (exact) mass is 431 g/mol. The van der Waals surface area contributed by atoms with Crippen molar-refractivity contribution >= 4 is 22.7 Å². The molecule has 5 rings (SSSR count). The van der Waals surface area contributed by atoms with E-state index in [9.17, 15) is 14.4 Å². The lowest BCUT2D eigenvalue weighted by molar-refractivity contribution is -0.132. The summed E-state index contributed by atoms with van der Waals surface area (Å²) < 4.78 is 6.58. The van der Waals surface area contributed by atoms with E-state index in [1.165, 1.54) is 4.57 Å². The van der Waals surface area contributed by atoms with E-state index in [0.717, 1.165) is 11.3 Å². The summed E-state index contributed by atoms with van der Waals surface area (Å²) in [6.07, 6.45) is 0. The Balaban J connectivity index is 1.32. The number of nitrogens with zero attached hydrogens (tertiary/aromatic N) is 4. The Bertz CT molecular complexity index is 1380. The van der Waals surface area contributed by atoms with Gasteiger partial charge in [-0.25, -0.2) is 9.89 Å². The minimum Gasteiger partial charge on any atom is -0.408 e. The second kappa shape index (κ2) is 8.18. The van der Waals surface area contributed by atoms with E-state index in [2.05, 4.69) is 15.1 Å². The summed E-state index contributed by atoms with van der Waals surface area (Å²) in [4.78, 5) is 40.8. The van der Waals surface area contributed by atoms with E-state index in [0.29, 0.717) is 43.0 Å². The van der Waals surface area contributed by atoms with Gasteiger partial charge in [-0.1, -0.05) is 42.5 Å². The number of aromatic nitrogens is 3. The third kappa shape index (κ3) is 3.68. The highest BCUT2D eigenvalue weighted by atomic mass is 16.4. The number of oxazole rings is 1. The van der Waals surface area contributed by atoms with Crippen LogP contribution in [-0.2, 0) is 11.3 Å². The highest BCUT2D eigenvalue weighted by Gasteiger charge is 2.25. The molecule has 2 aromatic carbocycles. The van der Waals surface area contributed by atoms with Crippen LogP contribution in [0.2, 0.25) is 0 Å². The van der Waals surface area contributed by atoms with Crippen LogP contribution in [0.15, 0.2) is 74.7 Å². The molecule has 0 bridgehead atoms. The van der Waals surface area contributed by atoms with Crippen LogP contribution in [-0.4, -0.2) is 51.8 Å². The number of hydrogen-bond acceptors (Lipinski definition) is 6. The Morgan fingerprint density at radius 2 is 1.69 bits per heavy atom. The number of amides is 1. The van der Waals surface area contributed by atoms with Gasteiger partial charge in [-0.15, -0.1) is 0 Å². The van der Waals surface area contributed by atoms with Crippen LogP contribution in [0.25, 0.3) is 22.4 Å². The standard InChI is InChI=1S/C23H21N5O4/c29-20-14-18(22(25-24-20)16-6-2-1-3-7-16)26-10-12-27(13-11-26)21(30)15-28-17-8-4-5-9-19(17)32-23(28)31/h1-9,14H,10-13,15H2,(H,24,29). The Hall–Kier alpha value is -4.14. The number of hydrogen-bond donors (Lipinski definition) is 1. The molecule has 0 radical (unpaired) electrons. The van der Waals surface area contributed by atoms with Crippen LogP contribution >= 0.6 is 0 Å². The van der Waals surface area contributed by atoms with Crippen LogP contribution < -0.4 is 16.2 Å². The number of para-hydroxylation sites is 2. The molecule has 0 saturated carbocycles. The molecule has 1 fully saturated rings. The summed E-state index contributed by atoms with van der Waals surface area (Å²) in [6, 6.07) is 18.2. The molecule has 1 amide bonds. The first-order valence-electron chi connectivity index (χ1n) is 10.4. The van der Waals surface area contributed by atoms with Gasteiger partial charge in [0.15, 0.2) is 5.58 Å². The fourth-order valence-electron chi connectivity index (χ4n) is 4.04. The number of benzene rings is 2. The molecule has 0 spiro atoms. The van der Waals surface area contributed by atoms with E-state index < -0.39 is 5.76 Å². The smallest absolute Gasteiger partial charge is 0.408 e. The number of piperazine rings is 1. The maximum absolute atomic E-state index is 12.9. The van der Waals surface area contributed by atoms with Crippen molar-refractivity contribution < 1.29 is 9.21 Å². The predicted octanol–water partition coefficient (Wildman–Crippen LogP) is 1.69. The van der Waals surface area contributed by atoms with Crippen LogP contribution in [0.3, 0.4) is 0 Å². The Morgan fingerprint density at radius 1 is 0.969 bits per heavy atom. The molecule has 4 aromatic rings. The molecule has 1 aliphatic rings. The number of fused-ring (bicyclic) bond motifs is 1. The van der Waals surface area contributed by atoms with Crippen LogP contribution in [0.1, 0.15) is 0 Å². The number of anilines is 1. The first-order valence-corrected chi connectivity index (χ1v) is 10.4. The van der Waals surface area contributed by atoms with Gasteiger partial charge in [-0.05, 0) is 12.1 Å². The summed E-state index contributed by atoms with van der Waals surface area (Å²) in [6.45, 7) is 1.99. The Labute approximate surface area is 182 Å². The van der Waals surface area contributed by atoms with Gasteiger partial charge in [0.05, 0.1) is 11.2 Å². The van der Waals surface area contributed by atoms with Crippen molar-refractivity contribution in [2.75, 3.05) is 31.1 Å². The molecule has 162 valence electrons. The van der Waals surface area contributed by atoms with E-state index >= 15 is 0 Å². The minimum absolute atomic E-state index is 0.0718. The number of rotatable bonds is 4. The van der Waals surface area contributed by atoms with Gasteiger partial charge in [-0.2, -0.15) is 5.10 Å². The van der Waals surface area contributed by atoms with Crippen LogP contribution in [0.4, 0.5) is 5.69 Å². The second-order valence-electron chi connectivity index (χ2n) is 7.62. The average molecular weight is 431 g/mol. The van der Waals surface area contributed by atoms with Crippen molar-refractivity contribution in [3.05, 3.63) is 81.6 Å². The Kier molecular flexibility index (Phi) is 5.06. The van der Waals surface area contributed by atoms with Gasteiger partial charge in [0, 0.05) is 37.8 Å². The summed E-state index contributed by atoms with van der Waals surface area (Å²) in [5.74, 6) is -0.689. The quantitative estimate of drug-likeness (QED) is 0.527. The topological polar surface area (TPSA) is 104 Å². The van der Waals surface area contributed by atoms with Gasteiger partial charge in [0.2, 0.25) is 5.91 Å². The number of carbonyl (C=O) groups is 1. The summed E-state index contributed by atoms with van der Waals surface area (Å²) in [5.41, 5.74) is 3.13. The first kappa shape index (κ1) is 19.8. The van der Waals surface area contributed by atoms with Gasteiger partial charge >= 0.3 is 5.76 Å². The number of H-pyrrole nitrogens is 1. The molecule has 3 heterocycles. The largest absolute Gasteiger partial charge is 0.420 e. The zero-order valence-electron chi connectivity index (χ0n) is 17.2. The first-order chi connectivity index (χ1) is 15.6. The molecule has 9 heteroatoms. The molecule has 0 unspecified atom stereocenters. The summed E-state index contributed by atoms with van der Waals surface area (Å²) in [7, 11) is 0. The molecule has 2 aromatic heterocycles. The number of nitrogens with one attached hydrogen (secondary N) is 1. The van der Waals surface area contributed by atoms with Gasteiger partial charge < -0.3 is 14.2 Å². The molecule has 1 N–H and O–H groups in total. The molecule has 0 atom stereocenters. The second-order valence-corrected chi connectivity index (χ2v) is 7.62. The molecule has 0 aliphatic carbocycles. The maximum atomic E-state index is 12.9. The van der Waals surface area contributed by atoms with Crippen molar-refractivity contribution in [2.24, 2.45) is 0 Å². The Morgan fingerprint density at radius 3 is 2.47 bits per heavy atom. The summed E-state index contributed by atoms with van der Waals surface area (Å²) in [5, 5.41) is 6.77. The van der Waals surface area contributed by atoms with E-state index in [1.807, 2.05) is 30.3 Å². The van der Waals surface area contributed by atoms with Crippen LogP contribution in [0, 0.1) is 0 Å². The third-order valence-corrected chi connectivity index (χ3v) is 5.68. The SMILES string of the molecule is O=C(Cn1c(=O)oc2ccccc21)N1CCN(c2cc(=O)[nH]nc2-c2ccccc2)CC1. The normalized spacial score (nSPS) is 14.1. The van der Waals surface area contributed by atoms with Crippen molar-refractivity contribution in [2.45, 2.75) is 6.54 Å². The highest BCUT2D eigenvalue weighted by molar-refractivity contribution is 5.80. The summed E-state index contributed by atoms with van der Waals surface area (Å²) >= 11 is 0. The van der Waals surface area contributed by atoms with Crippen molar-refractivity contribution in [1.82, 2.24) is 19.7 Å². The van der Waals surface area contributed by atoms with E-state index in [4.69, 9.17) is 4.42 Å². The zero-order chi connectivity index (χ0) is 22.1. The lowest BCUT2D eigenvalue weighted by Gasteiger charge is -2.36. The maximum Gasteiger partial charge on any atom is 0.420 e. The number of carbonyl (C=O) groups excluding carboxylic acids is 1. The average Bonchev–Trinajstić information content (AvgIpc) is 3.14. The lowest BCUT2D eigenvalue weighted by Crippen LogP contribution is -2.50. The van der Waals surface area contributed by atoms with E-state index in [1.54, 1.807) is 35.2 Å². The van der Waals surface area contributed by atoms with Crippen molar-refractivity contribution in [3.8, 4) is 11.3 Å². The highest BCUT2D eigenvalue weighted by Crippen LogP contribution is 2.27. The predicted molar refractivity (Wildman–Crippen MR) is 120 cm³/mol. The van der Waals surface area contributed by atoms with Gasteiger partial charge in [0.25, 0.3) is 5.56 Å². The molecular formula is C23H21N5O4. The van der Waals surface area contributed by atoms with E-state index in [-0.39, 0.29) is 18.0 Å². The molecule has 32 heavy (non-hydrogen) atoms. The zero-order valence-corrected chi connectivity index (χ0v) is 17.2. The molecule has 1 aliphatic heterocycles. The third-order valence-electron chi connectivity index (χ3n) is 5.68. The van der Waals surface area contributed by atoms with Gasteiger partial charge in [-0.3, -0.25) is 14.2 Å². The van der Waals surface area contributed by atoms with Crippen molar-refractivity contribution in [3.63, 3.8) is 0 Å². The molecular weight excluding hydrogens is 410 g/mol. The van der Waals surface area contributed by atoms with Crippen molar-refractivity contribution in [1.29, 1.82) is 0 Å². The fraction of sp³-hybridized carbons (Fsp3) is 0.217. The fourth-order valence-corrected chi connectivity index (χ4v) is 4.04.